The van der Waals surface area contributed by atoms with Crippen molar-refractivity contribution in [2.45, 2.75) is 46.1 Å². The summed E-state index contributed by atoms with van der Waals surface area (Å²) in [6, 6.07) is 0.263. The maximum atomic E-state index is 4.61. The number of nitrogens with zero attached hydrogens (tertiary/aromatic N) is 4. The molecule has 2 aromatic heterocycles. The van der Waals surface area contributed by atoms with E-state index in [0.29, 0.717) is 0 Å². The minimum Gasteiger partial charge on any atom is -0.308 e. The molecule has 0 amide bonds. The first-order chi connectivity index (χ1) is 7.93. The summed E-state index contributed by atoms with van der Waals surface area (Å²) in [7, 11) is 0. The third-order valence-corrected chi connectivity index (χ3v) is 3.64. The van der Waals surface area contributed by atoms with Crippen LogP contribution in [-0.4, -0.2) is 26.4 Å². The van der Waals surface area contributed by atoms with Gasteiger partial charge in [-0.05, 0) is 13.5 Å². The van der Waals surface area contributed by atoms with Crippen molar-refractivity contribution in [1.29, 1.82) is 0 Å². The summed E-state index contributed by atoms with van der Waals surface area (Å²) in [5.41, 5.74) is -0.0355. The van der Waals surface area contributed by atoms with Gasteiger partial charge in [0.25, 0.3) is 0 Å². The second kappa shape index (κ2) is 4.34. The van der Waals surface area contributed by atoms with Gasteiger partial charge in [-0.15, -0.1) is 10.2 Å². The highest BCUT2D eigenvalue weighted by atomic mass is 32.1. The largest absolute Gasteiger partial charge is 0.308 e. The van der Waals surface area contributed by atoms with Gasteiger partial charge in [0.05, 0.1) is 6.04 Å². The summed E-state index contributed by atoms with van der Waals surface area (Å²) in [4.78, 5) is 0.870. The van der Waals surface area contributed by atoms with Crippen molar-refractivity contribution in [2.24, 2.45) is 0 Å². The smallest absolute Gasteiger partial charge is 0.234 e. The predicted molar refractivity (Wildman–Crippen MR) is 69.5 cm³/mol. The molecule has 0 aliphatic heterocycles. The number of rotatable bonds is 3. The third-order valence-electron chi connectivity index (χ3n) is 2.56. The van der Waals surface area contributed by atoms with Crippen LogP contribution in [0.3, 0.4) is 0 Å². The summed E-state index contributed by atoms with van der Waals surface area (Å²) in [6.45, 7) is 11.5. The van der Waals surface area contributed by atoms with E-state index in [1.807, 2.05) is 4.52 Å². The average molecular weight is 253 g/mol. The molecule has 6 heteroatoms. The molecular formula is C11H19N5S. The van der Waals surface area contributed by atoms with E-state index in [-0.39, 0.29) is 11.5 Å². The summed E-state index contributed by atoms with van der Waals surface area (Å²) < 4.78 is 1.87. The van der Waals surface area contributed by atoms with E-state index in [1.54, 1.807) is 11.3 Å². The molecule has 0 spiro atoms. The lowest BCUT2D eigenvalue weighted by Crippen LogP contribution is -2.19. The molecule has 0 saturated heterocycles. The van der Waals surface area contributed by atoms with Gasteiger partial charge >= 0.3 is 0 Å². The molecule has 0 saturated carbocycles. The van der Waals surface area contributed by atoms with Crippen LogP contribution in [0.25, 0.3) is 4.96 Å². The van der Waals surface area contributed by atoms with Crippen molar-refractivity contribution in [2.75, 3.05) is 6.54 Å². The Morgan fingerprint density at radius 2 is 2.06 bits per heavy atom. The fraction of sp³-hybridized carbons (Fsp3) is 0.727. The topological polar surface area (TPSA) is 55.1 Å². The van der Waals surface area contributed by atoms with Crippen LogP contribution in [0.2, 0.25) is 0 Å². The van der Waals surface area contributed by atoms with Gasteiger partial charge in [0.2, 0.25) is 4.96 Å². The number of fused-ring (bicyclic) bond motifs is 1. The van der Waals surface area contributed by atoms with Crippen molar-refractivity contribution in [3.05, 3.63) is 10.8 Å². The minimum atomic E-state index is -0.0355. The van der Waals surface area contributed by atoms with Crippen LogP contribution in [0.15, 0.2) is 0 Å². The first-order valence-corrected chi connectivity index (χ1v) is 6.71. The van der Waals surface area contributed by atoms with Crippen molar-refractivity contribution in [3.8, 4) is 0 Å². The Morgan fingerprint density at radius 1 is 1.35 bits per heavy atom. The van der Waals surface area contributed by atoms with E-state index in [4.69, 9.17) is 0 Å². The second-order valence-corrected chi connectivity index (χ2v) is 6.18. The van der Waals surface area contributed by atoms with Gasteiger partial charge < -0.3 is 5.32 Å². The molecule has 1 N–H and O–H groups in total. The molecule has 0 bridgehead atoms. The monoisotopic (exact) mass is 253 g/mol. The summed E-state index contributed by atoms with van der Waals surface area (Å²) in [5.74, 6) is 0.915. The van der Waals surface area contributed by atoms with Gasteiger partial charge in [0.15, 0.2) is 5.82 Å². The maximum Gasteiger partial charge on any atom is 0.234 e. The summed E-state index contributed by atoms with van der Waals surface area (Å²) in [6.07, 6.45) is 0. The van der Waals surface area contributed by atoms with Crippen LogP contribution in [0.5, 0.6) is 0 Å². The molecule has 0 aliphatic rings. The SMILES string of the molecule is CCNC(C)c1nn2c(C(C)(C)C)nnc2s1. The van der Waals surface area contributed by atoms with Crippen molar-refractivity contribution >= 4 is 16.3 Å². The van der Waals surface area contributed by atoms with E-state index in [9.17, 15) is 0 Å². The Morgan fingerprint density at radius 3 is 2.65 bits per heavy atom. The zero-order chi connectivity index (χ0) is 12.6. The molecule has 0 radical (unpaired) electrons. The lowest BCUT2D eigenvalue weighted by Gasteiger charge is -2.14. The molecule has 94 valence electrons. The number of aromatic nitrogens is 4. The van der Waals surface area contributed by atoms with Gasteiger partial charge in [0, 0.05) is 5.41 Å². The fourth-order valence-corrected chi connectivity index (χ4v) is 2.53. The first kappa shape index (κ1) is 12.4. The normalized spacial score (nSPS) is 14.4. The minimum absolute atomic E-state index is 0.0355. The first-order valence-electron chi connectivity index (χ1n) is 5.89. The molecule has 0 aromatic carbocycles. The van der Waals surface area contributed by atoms with E-state index < -0.39 is 0 Å². The highest BCUT2D eigenvalue weighted by Crippen LogP contribution is 2.25. The third kappa shape index (κ3) is 2.32. The van der Waals surface area contributed by atoms with E-state index >= 15 is 0 Å². The Kier molecular flexibility index (Phi) is 3.18. The van der Waals surface area contributed by atoms with Crippen LogP contribution < -0.4 is 5.32 Å². The van der Waals surface area contributed by atoms with Crippen LogP contribution in [0.4, 0.5) is 0 Å². The highest BCUT2D eigenvalue weighted by molar-refractivity contribution is 7.16. The molecular weight excluding hydrogens is 234 g/mol. The van der Waals surface area contributed by atoms with Crippen LogP contribution in [0, 0.1) is 0 Å². The number of nitrogens with one attached hydrogen (secondary N) is 1. The Bertz CT molecular complexity index is 507. The zero-order valence-electron chi connectivity index (χ0n) is 11.0. The summed E-state index contributed by atoms with van der Waals surface area (Å²) in [5, 5.41) is 17.4. The van der Waals surface area contributed by atoms with Crippen LogP contribution in [0.1, 0.15) is 51.5 Å². The quantitative estimate of drug-likeness (QED) is 0.910. The summed E-state index contributed by atoms with van der Waals surface area (Å²) >= 11 is 1.60. The van der Waals surface area contributed by atoms with Gasteiger partial charge in [-0.25, -0.2) is 0 Å². The zero-order valence-corrected chi connectivity index (χ0v) is 11.8. The molecule has 1 unspecified atom stereocenters. The Labute approximate surface area is 105 Å². The van der Waals surface area contributed by atoms with Crippen molar-refractivity contribution in [3.63, 3.8) is 0 Å². The van der Waals surface area contributed by atoms with Gasteiger partial charge in [0.1, 0.15) is 5.01 Å². The van der Waals surface area contributed by atoms with Crippen LogP contribution >= 0.6 is 11.3 Å². The second-order valence-electron chi connectivity index (χ2n) is 5.19. The molecule has 17 heavy (non-hydrogen) atoms. The van der Waals surface area contributed by atoms with Crippen LogP contribution in [-0.2, 0) is 5.41 Å². The fourth-order valence-electron chi connectivity index (χ4n) is 1.67. The maximum absolute atomic E-state index is 4.61. The molecule has 2 heterocycles. The Balaban J connectivity index is 2.42. The number of hydrogen-bond acceptors (Lipinski definition) is 5. The average Bonchev–Trinajstić information content (AvgIpc) is 2.73. The lowest BCUT2D eigenvalue weighted by atomic mass is 9.96. The van der Waals surface area contributed by atoms with Gasteiger partial charge in [-0.1, -0.05) is 39.0 Å². The predicted octanol–water partition coefficient (Wildman–Crippen LogP) is 2.15. The molecule has 5 nitrogen and oxygen atoms in total. The lowest BCUT2D eigenvalue weighted by molar-refractivity contribution is 0.520. The van der Waals surface area contributed by atoms with E-state index in [2.05, 4.69) is 55.2 Å². The van der Waals surface area contributed by atoms with Crippen molar-refractivity contribution < 1.29 is 0 Å². The highest BCUT2D eigenvalue weighted by Gasteiger charge is 2.24. The van der Waals surface area contributed by atoms with E-state index in [0.717, 1.165) is 22.3 Å². The van der Waals surface area contributed by atoms with Crippen molar-refractivity contribution in [1.82, 2.24) is 25.1 Å². The standard InChI is InChI=1S/C11H19N5S/c1-6-12-7(2)8-15-16-9(11(3,4)5)13-14-10(16)17-8/h7,12H,6H2,1-5H3. The molecule has 1 atom stereocenters. The van der Waals surface area contributed by atoms with E-state index in [1.165, 1.54) is 0 Å². The molecule has 2 aromatic rings. The van der Waals surface area contributed by atoms with Gasteiger partial charge in [-0.2, -0.15) is 9.61 Å². The molecule has 0 fully saturated rings. The number of hydrogen-bond donors (Lipinski definition) is 1. The molecule has 2 rings (SSSR count). The molecule has 0 aliphatic carbocycles. The Hall–Kier alpha value is -1.01. The van der Waals surface area contributed by atoms with Gasteiger partial charge in [-0.3, -0.25) is 0 Å².